The Morgan fingerprint density at radius 1 is 1.43 bits per heavy atom. The van der Waals surface area contributed by atoms with Gasteiger partial charge in [0, 0.05) is 17.8 Å². The Morgan fingerprint density at radius 3 is 2.95 bits per heavy atom. The molecule has 6 heteroatoms. The highest BCUT2D eigenvalue weighted by Gasteiger charge is 2.35. The van der Waals surface area contributed by atoms with Gasteiger partial charge in [-0.2, -0.15) is 5.10 Å². The molecular weight excluding hydrogens is 266 g/mol. The van der Waals surface area contributed by atoms with Gasteiger partial charge in [0.05, 0.1) is 6.04 Å². The fourth-order valence-corrected chi connectivity index (χ4v) is 3.46. The molecule has 3 heterocycles. The highest BCUT2D eigenvalue weighted by molar-refractivity contribution is 5.94. The molecular formula is C15H25N5O. The molecule has 1 aromatic rings. The number of H-pyrrole nitrogens is 1. The van der Waals surface area contributed by atoms with Crippen LogP contribution in [0.1, 0.15) is 38.3 Å². The molecule has 1 unspecified atom stereocenters. The van der Waals surface area contributed by atoms with Crippen LogP contribution in [0.15, 0.2) is 6.07 Å². The molecule has 1 aromatic heterocycles. The van der Waals surface area contributed by atoms with Crippen molar-refractivity contribution in [3.8, 4) is 0 Å². The first-order valence-corrected chi connectivity index (χ1v) is 8.09. The summed E-state index contributed by atoms with van der Waals surface area (Å²) in [7, 11) is 0. The van der Waals surface area contributed by atoms with Crippen LogP contribution in [0.25, 0.3) is 0 Å². The zero-order chi connectivity index (χ0) is 14.7. The SMILES string of the molecule is CCc1cc(NC(=O)C2CCCN2C2CCNCC2)n[nH]1. The number of aromatic amines is 1. The third kappa shape index (κ3) is 3.27. The number of rotatable bonds is 4. The maximum Gasteiger partial charge on any atom is 0.242 e. The van der Waals surface area contributed by atoms with E-state index in [2.05, 4.69) is 32.7 Å². The molecule has 0 aromatic carbocycles. The van der Waals surface area contributed by atoms with Crippen LogP contribution in [0, 0.1) is 0 Å². The smallest absolute Gasteiger partial charge is 0.242 e. The van der Waals surface area contributed by atoms with Crippen LogP contribution < -0.4 is 10.6 Å². The van der Waals surface area contributed by atoms with Crippen LogP contribution in [0.5, 0.6) is 0 Å². The van der Waals surface area contributed by atoms with Gasteiger partial charge in [-0.25, -0.2) is 0 Å². The third-order valence-electron chi connectivity index (χ3n) is 4.64. The Bertz CT molecular complexity index is 480. The second-order valence-corrected chi connectivity index (χ2v) is 6.00. The molecule has 0 spiro atoms. The van der Waals surface area contributed by atoms with Gasteiger partial charge in [-0.05, 0) is 51.7 Å². The number of hydrogen-bond acceptors (Lipinski definition) is 4. The molecule has 2 aliphatic heterocycles. The maximum atomic E-state index is 12.5. The molecule has 1 amide bonds. The number of anilines is 1. The van der Waals surface area contributed by atoms with Crippen LogP contribution in [-0.2, 0) is 11.2 Å². The van der Waals surface area contributed by atoms with Crippen molar-refractivity contribution in [2.24, 2.45) is 0 Å². The summed E-state index contributed by atoms with van der Waals surface area (Å²) in [5.41, 5.74) is 1.05. The van der Waals surface area contributed by atoms with Gasteiger partial charge >= 0.3 is 0 Å². The Morgan fingerprint density at radius 2 is 2.24 bits per heavy atom. The van der Waals surface area contributed by atoms with Gasteiger partial charge < -0.3 is 10.6 Å². The quantitative estimate of drug-likeness (QED) is 0.777. The number of hydrogen-bond donors (Lipinski definition) is 3. The first-order valence-electron chi connectivity index (χ1n) is 8.09. The topological polar surface area (TPSA) is 73.1 Å². The second kappa shape index (κ2) is 6.58. The number of piperidine rings is 1. The number of nitrogens with one attached hydrogen (secondary N) is 3. The molecule has 3 N–H and O–H groups in total. The van der Waals surface area contributed by atoms with Gasteiger partial charge in [0.1, 0.15) is 0 Å². The Balaban J connectivity index is 1.62. The summed E-state index contributed by atoms with van der Waals surface area (Å²) in [4.78, 5) is 14.9. The van der Waals surface area contributed by atoms with Crippen LogP contribution in [-0.4, -0.2) is 52.7 Å². The molecule has 6 nitrogen and oxygen atoms in total. The highest BCUT2D eigenvalue weighted by Crippen LogP contribution is 2.25. The summed E-state index contributed by atoms with van der Waals surface area (Å²) in [6.07, 6.45) is 5.26. The highest BCUT2D eigenvalue weighted by atomic mass is 16.2. The first kappa shape index (κ1) is 14.5. The molecule has 0 radical (unpaired) electrons. The number of nitrogens with zero attached hydrogens (tertiary/aromatic N) is 2. The molecule has 0 saturated carbocycles. The Labute approximate surface area is 125 Å². The molecule has 1 atom stereocenters. The van der Waals surface area contributed by atoms with E-state index in [-0.39, 0.29) is 11.9 Å². The number of aryl methyl sites for hydroxylation is 1. The zero-order valence-electron chi connectivity index (χ0n) is 12.7. The van der Waals surface area contributed by atoms with E-state index >= 15 is 0 Å². The lowest BCUT2D eigenvalue weighted by atomic mass is 10.0. The Hall–Kier alpha value is -1.40. The van der Waals surface area contributed by atoms with E-state index in [0.717, 1.165) is 57.4 Å². The molecule has 2 fully saturated rings. The van der Waals surface area contributed by atoms with Crippen molar-refractivity contribution in [3.63, 3.8) is 0 Å². The lowest BCUT2D eigenvalue weighted by Gasteiger charge is -2.35. The van der Waals surface area contributed by atoms with Crippen molar-refractivity contribution in [2.75, 3.05) is 25.0 Å². The summed E-state index contributed by atoms with van der Waals surface area (Å²) in [5, 5.41) is 13.4. The van der Waals surface area contributed by atoms with Crippen molar-refractivity contribution in [3.05, 3.63) is 11.8 Å². The van der Waals surface area contributed by atoms with E-state index in [1.807, 2.05) is 6.07 Å². The number of likely N-dealkylation sites (tertiary alicyclic amines) is 1. The monoisotopic (exact) mass is 291 g/mol. The van der Waals surface area contributed by atoms with Crippen molar-refractivity contribution < 1.29 is 4.79 Å². The summed E-state index contributed by atoms with van der Waals surface area (Å²) < 4.78 is 0. The average Bonchev–Trinajstić information content (AvgIpc) is 3.17. The fraction of sp³-hybridized carbons (Fsp3) is 0.733. The minimum atomic E-state index is 0.00914. The van der Waals surface area contributed by atoms with Crippen LogP contribution in [0.3, 0.4) is 0 Å². The standard InChI is InChI=1S/C15H25N5O/c1-2-11-10-14(19-18-11)17-15(21)13-4-3-9-20(13)12-5-7-16-8-6-12/h10,12-13,16H,2-9H2,1H3,(H2,17,18,19,21). The number of amides is 1. The summed E-state index contributed by atoms with van der Waals surface area (Å²) in [5.74, 6) is 0.745. The van der Waals surface area contributed by atoms with Crippen molar-refractivity contribution in [1.29, 1.82) is 0 Å². The van der Waals surface area contributed by atoms with E-state index in [1.165, 1.54) is 0 Å². The molecule has 0 bridgehead atoms. The minimum absolute atomic E-state index is 0.00914. The van der Waals surface area contributed by atoms with Gasteiger partial charge in [-0.1, -0.05) is 6.92 Å². The number of aromatic nitrogens is 2. The zero-order valence-corrected chi connectivity index (χ0v) is 12.7. The van der Waals surface area contributed by atoms with Crippen LogP contribution in [0.4, 0.5) is 5.82 Å². The predicted molar refractivity (Wildman–Crippen MR) is 82.2 cm³/mol. The van der Waals surface area contributed by atoms with E-state index < -0.39 is 0 Å². The summed E-state index contributed by atoms with van der Waals surface area (Å²) in [6.45, 7) is 5.24. The number of carbonyl (C=O) groups excluding carboxylic acids is 1. The molecule has 3 rings (SSSR count). The molecule has 0 aliphatic carbocycles. The molecule has 116 valence electrons. The largest absolute Gasteiger partial charge is 0.317 e. The van der Waals surface area contributed by atoms with Gasteiger partial charge in [-0.3, -0.25) is 14.8 Å². The van der Waals surface area contributed by atoms with E-state index in [0.29, 0.717) is 11.9 Å². The van der Waals surface area contributed by atoms with Crippen LogP contribution >= 0.6 is 0 Å². The van der Waals surface area contributed by atoms with E-state index in [1.54, 1.807) is 0 Å². The molecule has 2 aliphatic rings. The average molecular weight is 291 g/mol. The Kier molecular flexibility index (Phi) is 4.55. The van der Waals surface area contributed by atoms with Gasteiger partial charge in [0.2, 0.25) is 5.91 Å². The lowest BCUT2D eigenvalue weighted by molar-refractivity contribution is -0.121. The minimum Gasteiger partial charge on any atom is -0.317 e. The second-order valence-electron chi connectivity index (χ2n) is 6.00. The third-order valence-corrected chi connectivity index (χ3v) is 4.64. The molecule has 2 saturated heterocycles. The normalized spacial score (nSPS) is 24.3. The van der Waals surface area contributed by atoms with Gasteiger partial charge in [0.15, 0.2) is 5.82 Å². The fourth-order valence-electron chi connectivity index (χ4n) is 3.46. The molecule has 21 heavy (non-hydrogen) atoms. The van der Waals surface area contributed by atoms with E-state index in [4.69, 9.17) is 0 Å². The summed E-state index contributed by atoms with van der Waals surface area (Å²) in [6, 6.07) is 2.48. The van der Waals surface area contributed by atoms with Gasteiger partial charge in [-0.15, -0.1) is 0 Å². The van der Waals surface area contributed by atoms with Crippen molar-refractivity contribution in [2.45, 2.75) is 51.1 Å². The first-order chi connectivity index (χ1) is 10.3. The van der Waals surface area contributed by atoms with Crippen molar-refractivity contribution >= 4 is 11.7 Å². The van der Waals surface area contributed by atoms with Crippen LogP contribution in [0.2, 0.25) is 0 Å². The van der Waals surface area contributed by atoms with E-state index in [9.17, 15) is 4.79 Å². The lowest BCUT2D eigenvalue weighted by Crippen LogP contribution is -2.49. The van der Waals surface area contributed by atoms with Crippen molar-refractivity contribution in [1.82, 2.24) is 20.4 Å². The van der Waals surface area contributed by atoms with Gasteiger partial charge in [0.25, 0.3) is 0 Å². The number of carbonyl (C=O) groups is 1. The maximum absolute atomic E-state index is 12.5. The summed E-state index contributed by atoms with van der Waals surface area (Å²) >= 11 is 0. The predicted octanol–water partition coefficient (Wildman–Crippen LogP) is 1.13.